The molecule has 0 heterocycles. The highest BCUT2D eigenvalue weighted by Crippen LogP contribution is 2.31. The van der Waals surface area contributed by atoms with Crippen molar-refractivity contribution in [3.8, 4) is 5.75 Å². The van der Waals surface area contributed by atoms with Crippen LogP contribution in [-0.2, 0) is 4.79 Å². The summed E-state index contributed by atoms with van der Waals surface area (Å²) < 4.78 is 29.5. The molecule has 6 heteroatoms. The molecule has 0 saturated carbocycles. The van der Waals surface area contributed by atoms with Crippen molar-refractivity contribution in [3.05, 3.63) is 29.8 Å². The number of hydrogen-bond acceptors (Lipinski definition) is 3. The predicted molar refractivity (Wildman–Crippen MR) is 75.6 cm³/mol. The van der Waals surface area contributed by atoms with Crippen LogP contribution in [0.2, 0.25) is 0 Å². The molecule has 0 amide bonds. The minimum Gasteiger partial charge on any atom is -0.481 e. The maximum atomic E-state index is 12.5. The quantitative estimate of drug-likeness (QED) is 0.798. The molecule has 0 aliphatic heterocycles. The van der Waals surface area contributed by atoms with Crippen LogP contribution in [-0.4, -0.2) is 35.2 Å². The van der Waals surface area contributed by atoms with Gasteiger partial charge in [0.1, 0.15) is 5.75 Å². The summed E-state index contributed by atoms with van der Waals surface area (Å²) in [5.74, 6) is -0.758. The Labute approximate surface area is 123 Å². The zero-order valence-electron chi connectivity index (χ0n) is 12.4. The Bertz CT molecular complexity index is 468. The van der Waals surface area contributed by atoms with Crippen LogP contribution in [0.25, 0.3) is 0 Å². The van der Waals surface area contributed by atoms with E-state index in [-0.39, 0.29) is 24.3 Å². The van der Waals surface area contributed by atoms with Gasteiger partial charge in [-0.3, -0.25) is 9.69 Å². The lowest BCUT2D eigenvalue weighted by Crippen LogP contribution is -2.37. The molecule has 0 saturated heterocycles. The molecule has 1 aromatic rings. The third-order valence-corrected chi connectivity index (χ3v) is 3.48. The number of benzene rings is 1. The molecule has 0 radical (unpaired) electrons. The topological polar surface area (TPSA) is 49.8 Å². The molecule has 2 unspecified atom stereocenters. The van der Waals surface area contributed by atoms with Crippen molar-refractivity contribution in [2.75, 3.05) is 6.54 Å². The number of rotatable bonds is 8. The molecule has 0 aliphatic rings. The summed E-state index contributed by atoms with van der Waals surface area (Å²) in [7, 11) is 0. The fourth-order valence-electron chi connectivity index (χ4n) is 2.54. The molecular weight excluding hydrogens is 280 g/mol. The first-order chi connectivity index (χ1) is 9.86. The van der Waals surface area contributed by atoms with Gasteiger partial charge in [0.05, 0.1) is 6.42 Å². The fraction of sp³-hybridized carbons (Fsp3) is 0.533. The molecule has 0 aliphatic carbocycles. The molecule has 1 aromatic carbocycles. The maximum Gasteiger partial charge on any atom is 0.387 e. The number of carboxylic acids is 1. The molecule has 0 spiro atoms. The second-order valence-electron chi connectivity index (χ2n) is 4.87. The Morgan fingerprint density at radius 2 is 1.95 bits per heavy atom. The molecule has 1 rings (SSSR count). The van der Waals surface area contributed by atoms with Gasteiger partial charge in [0.2, 0.25) is 0 Å². The summed E-state index contributed by atoms with van der Waals surface area (Å²) in [6, 6.07) is 6.16. The normalized spacial score (nSPS) is 14.2. The lowest BCUT2D eigenvalue weighted by atomic mass is 10.0. The molecule has 1 N–H and O–H groups in total. The van der Waals surface area contributed by atoms with Crippen LogP contribution < -0.4 is 4.74 Å². The summed E-state index contributed by atoms with van der Waals surface area (Å²) in [6.07, 6.45) is -0.00392. The number of nitrogens with zero attached hydrogens (tertiary/aromatic N) is 1. The van der Waals surface area contributed by atoms with E-state index in [1.54, 1.807) is 18.2 Å². The summed E-state index contributed by atoms with van der Waals surface area (Å²) in [5, 5.41) is 8.90. The van der Waals surface area contributed by atoms with E-state index >= 15 is 0 Å². The lowest BCUT2D eigenvalue weighted by Gasteiger charge is -2.33. The zero-order valence-corrected chi connectivity index (χ0v) is 12.4. The van der Waals surface area contributed by atoms with E-state index in [0.717, 1.165) is 0 Å². The van der Waals surface area contributed by atoms with Crippen molar-refractivity contribution >= 4 is 5.97 Å². The van der Waals surface area contributed by atoms with Crippen molar-refractivity contribution in [2.45, 2.75) is 45.9 Å². The molecule has 0 fully saturated rings. The van der Waals surface area contributed by atoms with Gasteiger partial charge in [-0.15, -0.1) is 0 Å². The second kappa shape index (κ2) is 7.93. The number of alkyl halides is 2. The molecule has 118 valence electrons. The van der Waals surface area contributed by atoms with Gasteiger partial charge >= 0.3 is 12.6 Å². The van der Waals surface area contributed by atoms with Crippen molar-refractivity contribution in [1.29, 1.82) is 0 Å². The van der Waals surface area contributed by atoms with Crippen LogP contribution in [0.4, 0.5) is 8.78 Å². The van der Waals surface area contributed by atoms with E-state index in [2.05, 4.69) is 4.74 Å². The van der Waals surface area contributed by atoms with E-state index in [9.17, 15) is 13.6 Å². The summed E-state index contributed by atoms with van der Waals surface area (Å²) in [4.78, 5) is 12.8. The highest BCUT2D eigenvalue weighted by atomic mass is 19.3. The minimum absolute atomic E-state index is 0.00392. The van der Waals surface area contributed by atoms with Gasteiger partial charge in [-0.25, -0.2) is 0 Å². The third kappa shape index (κ3) is 4.97. The number of halogens is 2. The minimum atomic E-state index is -2.88. The summed E-state index contributed by atoms with van der Waals surface area (Å²) in [5.41, 5.74) is 0.622. The van der Waals surface area contributed by atoms with E-state index < -0.39 is 12.6 Å². The van der Waals surface area contributed by atoms with Crippen LogP contribution >= 0.6 is 0 Å². The molecule has 0 bridgehead atoms. The molecule has 0 aromatic heterocycles. The van der Waals surface area contributed by atoms with E-state index in [1.807, 2.05) is 25.7 Å². The second-order valence-corrected chi connectivity index (χ2v) is 4.87. The van der Waals surface area contributed by atoms with Crippen molar-refractivity contribution in [1.82, 2.24) is 4.90 Å². The Kier molecular flexibility index (Phi) is 6.55. The number of carboxylic acid groups (broad SMARTS) is 1. The molecule has 4 nitrogen and oxygen atoms in total. The van der Waals surface area contributed by atoms with Crippen LogP contribution in [0.1, 0.15) is 38.8 Å². The first-order valence-corrected chi connectivity index (χ1v) is 6.88. The van der Waals surface area contributed by atoms with Crippen molar-refractivity contribution < 1.29 is 23.4 Å². The number of para-hydroxylation sites is 1. The number of ether oxygens (including phenoxy) is 1. The Hall–Kier alpha value is -1.69. The summed E-state index contributed by atoms with van der Waals surface area (Å²) in [6.45, 7) is 3.30. The van der Waals surface area contributed by atoms with Gasteiger partial charge in [0, 0.05) is 17.6 Å². The van der Waals surface area contributed by atoms with Crippen LogP contribution in [0.15, 0.2) is 24.3 Å². The lowest BCUT2D eigenvalue weighted by molar-refractivity contribution is -0.138. The van der Waals surface area contributed by atoms with Crippen molar-refractivity contribution in [3.63, 3.8) is 0 Å². The maximum absolute atomic E-state index is 12.5. The van der Waals surface area contributed by atoms with Gasteiger partial charge in [-0.2, -0.15) is 8.78 Å². The standard InChI is InChI=1S/C15H21F2NO3/c1-4-18(10(2)9-14(19)20)11(3)12-7-5-6-8-13(12)21-15(16)17/h5-8,10-11,15H,4,9H2,1-3H3,(H,19,20). The number of carbonyl (C=O) groups is 1. The largest absolute Gasteiger partial charge is 0.481 e. The van der Waals surface area contributed by atoms with Crippen LogP contribution in [0, 0.1) is 0 Å². The molecule has 21 heavy (non-hydrogen) atoms. The number of hydrogen-bond donors (Lipinski definition) is 1. The SMILES string of the molecule is CCN(C(C)CC(=O)O)C(C)c1ccccc1OC(F)F. The Balaban J connectivity index is 2.99. The van der Waals surface area contributed by atoms with Crippen LogP contribution in [0.5, 0.6) is 5.75 Å². The monoisotopic (exact) mass is 301 g/mol. The van der Waals surface area contributed by atoms with E-state index in [1.165, 1.54) is 6.07 Å². The average molecular weight is 301 g/mol. The van der Waals surface area contributed by atoms with Gasteiger partial charge in [0.25, 0.3) is 0 Å². The van der Waals surface area contributed by atoms with E-state index in [4.69, 9.17) is 5.11 Å². The van der Waals surface area contributed by atoms with Gasteiger partial charge in [-0.1, -0.05) is 25.1 Å². The Morgan fingerprint density at radius 3 is 2.48 bits per heavy atom. The highest BCUT2D eigenvalue weighted by molar-refractivity contribution is 5.67. The van der Waals surface area contributed by atoms with Gasteiger partial charge in [0.15, 0.2) is 0 Å². The first-order valence-electron chi connectivity index (χ1n) is 6.88. The Morgan fingerprint density at radius 1 is 1.33 bits per heavy atom. The van der Waals surface area contributed by atoms with E-state index in [0.29, 0.717) is 12.1 Å². The van der Waals surface area contributed by atoms with Gasteiger partial charge in [-0.05, 0) is 26.5 Å². The highest BCUT2D eigenvalue weighted by Gasteiger charge is 2.24. The van der Waals surface area contributed by atoms with Gasteiger partial charge < -0.3 is 9.84 Å². The van der Waals surface area contributed by atoms with Crippen molar-refractivity contribution in [2.24, 2.45) is 0 Å². The fourth-order valence-corrected chi connectivity index (χ4v) is 2.54. The average Bonchev–Trinajstić information content (AvgIpc) is 2.38. The summed E-state index contributed by atoms with van der Waals surface area (Å²) >= 11 is 0. The smallest absolute Gasteiger partial charge is 0.387 e. The third-order valence-electron chi connectivity index (χ3n) is 3.48. The zero-order chi connectivity index (χ0) is 16.0. The molecular formula is C15H21F2NO3. The number of aliphatic carboxylic acids is 1. The van der Waals surface area contributed by atoms with Crippen LogP contribution in [0.3, 0.4) is 0 Å². The molecule has 2 atom stereocenters. The first kappa shape index (κ1) is 17.4. The predicted octanol–water partition coefficient (Wildman–Crippen LogP) is 3.53.